The Bertz CT molecular complexity index is 563. The molecule has 4 heteroatoms. The third-order valence-electron chi connectivity index (χ3n) is 3.84. The van der Waals surface area contributed by atoms with E-state index in [9.17, 15) is 9.59 Å². The van der Waals surface area contributed by atoms with E-state index in [-0.39, 0.29) is 17.8 Å². The maximum absolute atomic E-state index is 12.3. The van der Waals surface area contributed by atoms with Gasteiger partial charge in [-0.3, -0.25) is 4.79 Å². The van der Waals surface area contributed by atoms with E-state index in [1.54, 1.807) is 11.8 Å². The number of hydrogen-bond donors (Lipinski definition) is 0. The molecule has 1 aromatic rings. The number of allylic oxidation sites excluding steroid dienone is 1. The fraction of sp³-hybridized carbons (Fsp3) is 0.412. The summed E-state index contributed by atoms with van der Waals surface area (Å²) in [6.07, 6.45) is 0.309. The minimum absolute atomic E-state index is 0.0527. The topological polar surface area (TPSA) is 46.6 Å². The maximum atomic E-state index is 12.3. The molecule has 0 aliphatic carbocycles. The van der Waals surface area contributed by atoms with Crippen LogP contribution in [0.25, 0.3) is 0 Å². The first-order chi connectivity index (χ1) is 10.1. The first-order valence-corrected chi connectivity index (χ1v) is 7.33. The van der Waals surface area contributed by atoms with Gasteiger partial charge in [0.25, 0.3) is 0 Å². The molecule has 0 N–H and O–H groups in total. The number of carbonyl (C=O) groups excluding carboxylic acids is 2. The SMILES string of the molecule is CCOC(=O)C1=C(C)N(CC)C(=O)CC1c1ccccc1. The van der Waals surface area contributed by atoms with Gasteiger partial charge < -0.3 is 9.64 Å². The number of carbonyl (C=O) groups is 2. The van der Waals surface area contributed by atoms with Crippen molar-refractivity contribution in [3.63, 3.8) is 0 Å². The summed E-state index contributed by atoms with van der Waals surface area (Å²) in [5.41, 5.74) is 2.29. The molecule has 1 amide bonds. The molecule has 2 rings (SSSR count). The summed E-state index contributed by atoms with van der Waals surface area (Å²) < 4.78 is 5.20. The largest absolute Gasteiger partial charge is 0.463 e. The van der Waals surface area contributed by atoms with Gasteiger partial charge in [0.15, 0.2) is 0 Å². The number of amides is 1. The average molecular weight is 287 g/mol. The first-order valence-electron chi connectivity index (χ1n) is 7.33. The summed E-state index contributed by atoms with van der Waals surface area (Å²) in [5.74, 6) is -0.493. The zero-order valence-electron chi connectivity index (χ0n) is 12.8. The molecule has 1 aromatic carbocycles. The molecule has 1 aliphatic rings. The lowest BCUT2D eigenvalue weighted by molar-refractivity contribution is -0.140. The third kappa shape index (κ3) is 2.99. The van der Waals surface area contributed by atoms with Gasteiger partial charge in [-0.1, -0.05) is 30.3 Å². The second kappa shape index (κ2) is 6.57. The third-order valence-corrected chi connectivity index (χ3v) is 3.84. The minimum atomic E-state index is -0.324. The molecule has 0 saturated carbocycles. The normalized spacial score (nSPS) is 18.9. The molecule has 1 atom stereocenters. The lowest BCUT2D eigenvalue weighted by atomic mass is 9.84. The van der Waals surface area contributed by atoms with Gasteiger partial charge in [-0.25, -0.2) is 4.79 Å². The molecule has 0 radical (unpaired) electrons. The van der Waals surface area contributed by atoms with Gasteiger partial charge in [0.2, 0.25) is 5.91 Å². The van der Waals surface area contributed by atoms with Crippen LogP contribution in [0, 0.1) is 0 Å². The molecule has 1 heterocycles. The van der Waals surface area contributed by atoms with E-state index in [0.29, 0.717) is 30.8 Å². The van der Waals surface area contributed by atoms with E-state index < -0.39 is 0 Å². The summed E-state index contributed by atoms with van der Waals surface area (Å²) >= 11 is 0. The van der Waals surface area contributed by atoms with E-state index >= 15 is 0 Å². The fourth-order valence-electron chi connectivity index (χ4n) is 2.85. The van der Waals surface area contributed by atoms with Crippen LogP contribution in [0.2, 0.25) is 0 Å². The zero-order chi connectivity index (χ0) is 15.4. The van der Waals surface area contributed by atoms with Crippen molar-refractivity contribution < 1.29 is 14.3 Å². The smallest absolute Gasteiger partial charge is 0.336 e. The fourth-order valence-corrected chi connectivity index (χ4v) is 2.85. The highest BCUT2D eigenvalue weighted by atomic mass is 16.5. The second-order valence-electron chi connectivity index (χ2n) is 5.02. The Morgan fingerprint density at radius 2 is 1.95 bits per heavy atom. The lowest BCUT2D eigenvalue weighted by Crippen LogP contribution is -2.38. The van der Waals surface area contributed by atoms with Gasteiger partial charge in [0, 0.05) is 24.6 Å². The molecule has 21 heavy (non-hydrogen) atoms. The van der Waals surface area contributed by atoms with Crippen molar-refractivity contribution in [2.45, 2.75) is 33.1 Å². The molecule has 0 saturated heterocycles. The quantitative estimate of drug-likeness (QED) is 0.800. The molecule has 0 bridgehead atoms. The summed E-state index contributed by atoms with van der Waals surface area (Å²) in [7, 11) is 0. The van der Waals surface area contributed by atoms with Crippen molar-refractivity contribution in [2.24, 2.45) is 0 Å². The second-order valence-corrected chi connectivity index (χ2v) is 5.02. The number of nitrogens with zero attached hydrogens (tertiary/aromatic N) is 1. The predicted molar refractivity (Wildman–Crippen MR) is 80.5 cm³/mol. The minimum Gasteiger partial charge on any atom is -0.463 e. The molecule has 4 nitrogen and oxygen atoms in total. The summed E-state index contributed by atoms with van der Waals surface area (Å²) in [5, 5.41) is 0. The molecule has 0 aromatic heterocycles. The van der Waals surface area contributed by atoms with E-state index in [2.05, 4.69) is 0 Å². The van der Waals surface area contributed by atoms with Crippen LogP contribution in [0.4, 0.5) is 0 Å². The molecule has 0 spiro atoms. The molecule has 1 aliphatic heterocycles. The number of hydrogen-bond acceptors (Lipinski definition) is 3. The maximum Gasteiger partial charge on any atom is 0.336 e. The monoisotopic (exact) mass is 287 g/mol. The Labute approximate surface area is 125 Å². The average Bonchev–Trinajstić information content (AvgIpc) is 2.48. The number of rotatable bonds is 4. The van der Waals surface area contributed by atoms with Crippen molar-refractivity contribution in [1.82, 2.24) is 4.90 Å². The Hall–Kier alpha value is -2.10. The van der Waals surface area contributed by atoms with E-state index in [0.717, 1.165) is 5.56 Å². The Morgan fingerprint density at radius 3 is 2.52 bits per heavy atom. The Balaban J connectivity index is 2.50. The van der Waals surface area contributed by atoms with Crippen LogP contribution < -0.4 is 0 Å². The lowest BCUT2D eigenvalue weighted by Gasteiger charge is -2.33. The zero-order valence-corrected chi connectivity index (χ0v) is 12.8. The van der Waals surface area contributed by atoms with Crippen LogP contribution in [0.5, 0.6) is 0 Å². The van der Waals surface area contributed by atoms with Crippen molar-refractivity contribution >= 4 is 11.9 Å². The van der Waals surface area contributed by atoms with Crippen LogP contribution >= 0.6 is 0 Å². The summed E-state index contributed by atoms with van der Waals surface area (Å²) in [6, 6.07) is 9.67. The highest BCUT2D eigenvalue weighted by Gasteiger charge is 2.36. The van der Waals surface area contributed by atoms with Gasteiger partial charge >= 0.3 is 5.97 Å². The number of esters is 1. The van der Waals surface area contributed by atoms with E-state index in [4.69, 9.17) is 4.74 Å². The van der Waals surface area contributed by atoms with Gasteiger partial charge in [-0.05, 0) is 26.3 Å². The molecule has 112 valence electrons. The molecular weight excluding hydrogens is 266 g/mol. The van der Waals surface area contributed by atoms with Crippen LogP contribution in [-0.4, -0.2) is 29.9 Å². The molecule has 0 fully saturated rings. The van der Waals surface area contributed by atoms with Crippen molar-refractivity contribution in [2.75, 3.05) is 13.2 Å². The summed E-state index contributed by atoms with van der Waals surface area (Å²) in [6.45, 7) is 6.42. The van der Waals surface area contributed by atoms with Gasteiger partial charge in [-0.15, -0.1) is 0 Å². The van der Waals surface area contributed by atoms with E-state index in [1.807, 2.05) is 44.2 Å². The van der Waals surface area contributed by atoms with Crippen molar-refractivity contribution in [3.05, 3.63) is 47.2 Å². The van der Waals surface area contributed by atoms with Crippen molar-refractivity contribution in [3.8, 4) is 0 Å². The predicted octanol–water partition coefficient (Wildman–Crippen LogP) is 2.86. The van der Waals surface area contributed by atoms with Crippen molar-refractivity contribution in [1.29, 1.82) is 0 Å². The summed E-state index contributed by atoms with van der Waals surface area (Å²) in [4.78, 5) is 26.3. The van der Waals surface area contributed by atoms with Gasteiger partial charge in [0.1, 0.15) is 0 Å². The van der Waals surface area contributed by atoms with Crippen LogP contribution in [-0.2, 0) is 14.3 Å². The highest BCUT2D eigenvalue weighted by molar-refractivity contribution is 5.95. The highest BCUT2D eigenvalue weighted by Crippen LogP contribution is 2.36. The van der Waals surface area contributed by atoms with Gasteiger partial charge in [-0.2, -0.15) is 0 Å². The van der Waals surface area contributed by atoms with E-state index in [1.165, 1.54) is 0 Å². The van der Waals surface area contributed by atoms with Crippen LogP contribution in [0.1, 0.15) is 38.7 Å². The van der Waals surface area contributed by atoms with Gasteiger partial charge in [0.05, 0.1) is 12.2 Å². The van der Waals surface area contributed by atoms with Crippen LogP contribution in [0.3, 0.4) is 0 Å². The Kier molecular flexibility index (Phi) is 4.78. The molecular formula is C17H21NO3. The number of ether oxygens (including phenoxy) is 1. The number of benzene rings is 1. The Morgan fingerprint density at radius 1 is 1.29 bits per heavy atom. The first kappa shape index (κ1) is 15.3. The standard InChI is InChI=1S/C17H21NO3/c1-4-18-12(3)16(17(20)21-5-2)14(11-15(18)19)13-9-7-6-8-10-13/h6-10,14H,4-5,11H2,1-3H3. The molecule has 1 unspecified atom stereocenters. The van der Waals surface area contributed by atoms with Crippen LogP contribution in [0.15, 0.2) is 41.6 Å².